The number of aromatic nitrogens is 4. The molecule has 6 aromatic rings. The lowest BCUT2D eigenvalue weighted by atomic mass is 10.0. The second-order valence-electron chi connectivity index (χ2n) is 11.3. The summed E-state index contributed by atoms with van der Waals surface area (Å²) in [7, 11) is 6.00. The van der Waals surface area contributed by atoms with Gasteiger partial charge in [0.05, 0.1) is 45.4 Å². The first kappa shape index (κ1) is 44.0. The number of hydrogen-bond donors (Lipinski definition) is 3. The predicted molar refractivity (Wildman–Crippen MR) is 202 cm³/mol. The van der Waals surface area contributed by atoms with Gasteiger partial charge in [-0.25, -0.2) is 33.5 Å². The number of methoxy groups -OCH3 is 4. The molecule has 56 heavy (non-hydrogen) atoms. The zero-order valence-electron chi connectivity index (χ0n) is 30.6. The molecule has 4 aromatic carbocycles. The third kappa shape index (κ3) is 11.8. The van der Waals surface area contributed by atoms with Crippen molar-refractivity contribution in [1.29, 1.82) is 0 Å². The van der Waals surface area contributed by atoms with Crippen molar-refractivity contribution in [2.24, 2.45) is 5.73 Å². The lowest BCUT2D eigenvalue weighted by molar-refractivity contribution is -0.255. The van der Waals surface area contributed by atoms with E-state index in [1.54, 1.807) is 54.6 Å². The zero-order chi connectivity index (χ0) is 40.1. The van der Waals surface area contributed by atoms with Crippen molar-refractivity contribution in [1.82, 2.24) is 19.9 Å². The van der Waals surface area contributed by atoms with Gasteiger partial charge >= 0.3 is 5.91 Å². The van der Waals surface area contributed by atoms with E-state index in [0.717, 1.165) is 5.56 Å². The van der Waals surface area contributed by atoms with Crippen LogP contribution in [-0.4, -0.2) is 60.2 Å². The minimum Gasteiger partial charge on any atom is -1.00 e. The zero-order valence-corrected chi connectivity index (χ0v) is 32.1. The molecule has 0 aliphatic carbocycles. The van der Waals surface area contributed by atoms with Crippen LogP contribution in [0.4, 0.5) is 14.5 Å². The average Bonchev–Trinajstić information content (AvgIpc) is 3.18. The smallest absolute Gasteiger partial charge is 0.344 e. The summed E-state index contributed by atoms with van der Waals surface area (Å²) in [5.41, 5.74) is 19.1. The van der Waals surface area contributed by atoms with Gasteiger partial charge in [0.25, 0.3) is 5.91 Å². The molecule has 13 nitrogen and oxygen atoms in total. The SMILES string of the molecule is COc1ccc(Cc2cc(-c3cc(F)ccc3OC)ncn2)cc1C(N)=O.COc1ccc(F)cc1-c1cc(Cl)ncn1.COc1ccc(N)cc1C([NH3+])=O.[Cl-]. The molecule has 0 saturated carbocycles. The van der Waals surface area contributed by atoms with Gasteiger partial charge in [-0.15, -0.1) is 0 Å². The van der Waals surface area contributed by atoms with E-state index in [-0.39, 0.29) is 29.9 Å². The maximum atomic E-state index is 13.7. The highest BCUT2D eigenvalue weighted by atomic mass is 35.5. The first-order valence-electron chi connectivity index (χ1n) is 16.1. The van der Waals surface area contributed by atoms with Crippen molar-refractivity contribution in [3.63, 3.8) is 0 Å². The van der Waals surface area contributed by atoms with E-state index in [9.17, 15) is 18.4 Å². The van der Waals surface area contributed by atoms with Crippen LogP contribution in [0.5, 0.6) is 23.0 Å². The summed E-state index contributed by atoms with van der Waals surface area (Å²) in [5.74, 6) is 0.375. The predicted octanol–water partition coefficient (Wildman–Crippen LogP) is 2.60. The molecule has 6 rings (SSSR count). The summed E-state index contributed by atoms with van der Waals surface area (Å²) in [5, 5.41) is 0.302. The number of hydrogen-bond acceptors (Lipinski definition) is 11. The van der Waals surface area contributed by atoms with Crippen molar-refractivity contribution in [2.75, 3.05) is 34.2 Å². The second-order valence-corrected chi connectivity index (χ2v) is 11.7. The van der Waals surface area contributed by atoms with Gasteiger partial charge in [0.2, 0.25) is 0 Å². The van der Waals surface area contributed by atoms with Crippen LogP contribution in [0.3, 0.4) is 0 Å². The summed E-state index contributed by atoms with van der Waals surface area (Å²) >= 11 is 5.74. The van der Waals surface area contributed by atoms with Crippen LogP contribution in [0.2, 0.25) is 5.15 Å². The van der Waals surface area contributed by atoms with E-state index in [1.807, 2.05) is 6.07 Å². The van der Waals surface area contributed by atoms with E-state index < -0.39 is 5.91 Å². The average molecular weight is 809 g/mol. The highest BCUT2D eigenvalue weighted by Crippen LogP contribution is 2.31. The highest BCUT2D eigenvalue weighted by Gasteiger charge is 2.14. The molecule has 0 bridgehead atoms. The molecule has 0 unspecified atom stereocenters. The molecule has 0 radical (unpaired) electrons. The number of amides is 2. The minimum absolute atomic E-state index is 0. The van der Waals surface area contributed by atoms with Gasteiger partial charge in [0, 0.05) is 35.0 Å². The topological polar surface area (TPSA) is 202 Å². The molecule has 0 aliphatic heterocycles. The molecule has 0 aliphatic rings. The Kier molecular flexibility index (Phi) is 16.4. The number of halogens is 4. The van der Waals surface area contributed by atoms with Crippen molar-refractivity contribution < 1.29 is 55.5 Å². The number of nitrogens with zero attached hydrogens (tertiary/aromatic N) is 4. The molecule has 17 heteroatoms. The largest absolute Gasteiger partial charge is 1.00 e. The van der Waals surface area contributed by atoms with Gasteiger partial charge in [-0.3, -0.25) is 10.5 Å². The van der Waals surface area contributed by atoms with Crippen LogP contribution in [0.1, 0.15) is 32.0 Å². The molecular weight excluding hydrogens is 771 g/mol. The van der Waals surface area contributed by atoms with Crippen LogP contribution in [-0.2, 0) is 6.42 Å². The third-order valence-electron chi connectivity index (χ3n) is 7.67. The summed E-state index contributed by atoms with van der Waals surface area (Å²) in [4.78, 5) is 38.8. The Balaban J connectivity index is 0.000000246. The number of primary amides is 1. The van der Waals surface area contributed by atoms with Gasteiger partial charge in [0.15, 0.2) is 0 Å². The molecule has 292 valence electrons. The Morgan fingerprint density at radius 2 is 1.16 bits per heavy atom. The van der Waals surface area contributed by atoms with Crippen LogP contribution in [0.25, 0.3) is 22.5 Å². The normalized spacial score (nSPS) is 10.0. The molecular formula is C39H37Cl2F2N7O6. The third-order valence-corrected chi connectivity index (χ3v) is 7.88. The molecule has 2 aromatic heterocycles. The first-order valence-corrected chi connectivity index (χ1v) is 16.5. The fraction of sp³-hybridized carbons (Fsp3) is 0.128. The van der Waals surface area contributed by atoms with Crippen molar-refractivity contribution >= 4 is 29.1 Å². The molecule has 0 spiro atoms. The fourth-order valence-corrected chi connectivity index (χ4v) is 5.24. The Hall–Kier alpha value is -6.42. The molecule has 0 fully saturated rings. The van der Waals surface area contributed by atoms with E-state index in [4.69, 9.17) is 42.0 Å². The summed E-state index contributed by atoms with van der Waals surface area (Å²) in [6, 6.07) is 21.8. The number of rotatable bonds is 10. The lowest BCUT2D eigenvalue weighted by Crippen LogP contribution is -3.00. The lowest BCUT2D eigenvalue weighted by Gasteiger charge is -2.10. The maximum absolute atomic E-state index is 13.7. The highest BCUT2D eigenvalue weighted by molar-refractivity contribution is 6.29. The van der Waals surface area contributed by atoms with E-state index in [1.165, 1.54) is 65.4 Å². The quantitative estimate of drug-likeness (QED) is 0.136. The van der Waals surface area contributed by atoms with Gasteiger partial charge < -0.3 is 42.8 Å². The standard InChI is InChI=1S/C20H18FN3O3.C11H8ClFN2O.C8H10N2O2.ClH/c1-26-18-6-4-13(21)9-15(18)17-10-14(23-11-24-17)7-12-3-5-19(27-2)16(8-12)20(22)25;1-16-10-3-2-7(13)4-8(10)9-5-11(12)15-6-14-9;1-12-7-3-2-5(9)4-6(7)8(10)11;/h3-6,8-11H,7H2,1-2H3,(H2,22,25);2-6H,1H3;2-4H,9H2,1H3,(H2,10,11);1H. The van der Waals surface area contributed by atoms with Crippen LogP contribution < -0.4 is 48.6 Å². The number of carbonyl (C=O) groups excluding carboxylic acids is 2. The van der Waals surface area contributed by atoms with E-state index in [0.29, 0.717) is 79.6 Å². The number of anilines is 1. The van der Waals surface area contributed by atoms with Crippen molar-refractivity contribution in [3.8, 4) is 45.5 Å². The Morgan fingerprint density at radius 3 is 1.68 bits per heavy atom. The molecule has 2 heterocycles. The van der Waals surface area contributed by atoms with Crippen LogP contribution in [0, 0.1) is 11.6 Å². The number of benzene rings is 4. The van der Waals surface area contributed by atoms with Crippen LogP contribution in [0.15, 0.2) is 97.6 Å². The fourth-order valence-electron chi connectivity index (χ4n) is 5.09. The summed E-state index contributed by atoms with van der Waals surface area (Å²) < 4.78 is 47.3. The number of nitrogen functional groups attached to an aromatic ring is 1. The second kappa shape index (κ2) is 20.9. The van der Waals surface area contributed by atoms with Gasteiger partial charge in [-0.2, -0.15) is 0 Å². The van der Waals surface area contributed by atoms with Gasteiger partial charge in [0.1, 0.15) is 58.0 Å². The molecule has 7 N–H and O–H groups in total. The summed E-state index contributed by atoms with van der Waals surface area (Å²) in [6.07, 6.45) is 3.17. The summed E-state index contributed by atoms with van der Waals surface area (Å²) in [6.45, 7) is 0. The first-order chi connectivity index (χ1) is 26.4. The maximum Gasteiger partial charge on any atom is 0.344 e. The molecule has 0 saturated heterocycles. The number of carbonyl (C=O) groups is 2. The number of ether oxygens (including phenoxy) is 4. The van der Waals surface area contributed by atoms with Gasteiger partial charge in [-0.05, 0) is 78.4 Å². The Morgan fingerprint density at radius 1 is 0.661 bits per heavy atom. The Labute approximate surface area is 332 Å². The monoisotopic (exact) mass is 807 g/mol. The Bertz CT molecular complexity index is 2300. The minimum atomic E-state index is -0.568. The van der Waals surface area contributed by atoms with Gasteiger partial charge in [-0.1, -0.05) is 17.7 Å². The number of nitrogens with two attached hydrogens (primary N) is 2. The van der Waals surface area contributed by atoms with E-state index >= 15 is 0 Å². The molecule has 0 atom stereocenters. The van der Waals surface area contributed by atoms with Crippen molar-refractivity contribution in [2.45, 2.75) is 6.42 Å². The molecule has 2 amide bonds. The van der Waals surface area contributed by atoms with E-state index in [2.05, 4.69) is 25.7 Å². The van der Waals surface area contributed by atoms with Crippen LogP contribution >= 0.6 is 11.6 Å². The number of quaternary nitrogens is 1. The van der Waals surface area contributed by atoms with Crippen molar-refractivity contribution in [3.05, 3.63) is 137 Å².